The zero-order valence-electron chi connectivity index (χ0n) is 13.2. The second kappa shape index (κ2) is 6.66. The number of nitrogens with two attached hydrogens (primary N) is 2. The zero-order chi connectivity index (χ0) is 17.1. The Labute approximate surface area is 139 Å². The minimum absolute atomic E-state index is 0.0980. The van der Waals surface area contributed by atoms with Crippen LogP contribution in [-0.4, -0.2) is 39.8 Å². The number of hydrogen-bond acceptors (Lipinski definition) is 5. The summed E-state index contributed by atoms with van der Waals surface area (Å²) in [6.45, 7) is 1.02. The molecule has 1 unspecified atom stereocenters. The Morgan fingerprint density at radius 3 is 2.62 bits per heavy atom. The second-order valence-electron chi connectivity index (χ2n) is 5.90. The number of carbonyl (C=O) groups is 2. The minimum Gasteiger partial charge on any atom is -0.369 e. The highest BCUT2D eigenvalue weighted by Gasteiger charge is 2.27. The van der Waals surface area contributed by atoms with Gasteiger partial charge in [-0.15, -0.1) is 0 Å². The van der Waals surface area contributed by atoms with Crippen LogP contribution < -0.4 is 11.5 Å². The summed E-state index contributed by atoms with van der Waals surface area (Å²) in [6.07, 6.45) is 4.76. The fourth-order valence-corrected chi connectivity index (χ4v) is 2.90. The van der Waals surface area contributed by atoms with E-state index in [1.807, 2.05) is 12.1 Å². The SMILES string of the molecule is NC(=O)C1CCCN(C(=O)c2cccc(-c3cnc(N)nc3)c2)C1. The maximum absolute atomic E-state index is 12.7. The van der Waals surface area contributed by atoms with E-state index in [0.717, 1.165) is 24.0 Å². The predicted molar refractivity (Wildman–Crippen MR) is 89.7 cm³/mol. The first-order valence-corrected chi connectivity index (χ1v) is 7.81. The fourth-order valence-electron chi connectivity index (χ4n) is 2.90. The van der Waals surface area contributed by atoms with E-state index in [4.69, 9.17) is 11.5 Å². The van der Waals surface area contributed by atoms with Crippen LogP contribution in [0.2, 0.25) is 0 Å². The van der Waals surface area contributed by atoms with E-state index in [1.165, 1.54) is 0 Å². The van der Waals surface area contributed by atoms with Gasteiger partial charge in [-0.1, -0.05) is 12.1 Å². The number of primary amides is 1. The Morgan fingerprint density at radius 1 is 1.17 bits per heavy atom. The van der Waals surface area contributed by atoms with E-state index >= 15 is 0 Å². The molecule has 1 aliphatic heterocycles. The molecular formula is C17H19N5O2. The molecule has 2 amide bonds. The Hall–Kier alpha value is -2.96. The number of piperidine rings is 1. The van der Waals surface area contributed by atoms with E-state index in [0.29, 0.717) is 18.7 Å². The van der Waals surface area contributed by atoms with Crippen molar-refractivity contribution in [3.8, 4) is 11.1 Å². The maximum Gasteiger partial charge on any atom is 0.253 e. The second-order valence-corrected chi connectivity index (χ2v) is 5.90. The first-order chi connectivity index (χ1) is 11.5. The van der Waals surface area contributed by atoms with Crippen LogP contribution in [0.5, 0.6) is 0 Å². The average molecular weight is 325 g/mol. The highest BCUT2D eigenvalue weighted by molar-refractivity contribution is 5.96. The largest absolute Gasteiger partial charge is 0.369 e. The van der Waals surface area contributed by atoms with Crippen LogP contribution >= 0.6 is 0 Å². The number of nitrogens with zero attached hydrogens (tertiary/aromatic N) is 3. The number of anilines is 1. The molecule has 4 N–H and O–H groups in total. The van der Waals surface area contributed by atoms with Crippen LogP contribution in [0, 0.1) is 5.92 Å². The molecule has 1 aromatic heterocycles. The molecule has 1 fully saturated rings. The first kappa shape index (κ1) is 15.9. The van der Waals surface area contributed by atoms with Gasteiger partial charge in [-0.3, -0.25) is 9.59 Å². The van der Waals surface area contributed by atoms with Gasteiger partial charge in [0.05, 0.1) is 5.92 Å². The third-order valence-corrected chi connectivity index (χ3v) is 4.23. The summed E-state index contributed by atoms with van der Waals surface area (Å²) >= 11 is 0. The number of hydrogen-bond donors (Lipinski definition) is 2. The van der Waals surface area contributed by atoms with Crippen LogP contribution in [-0.2, 0) is 4.79 Å². The predicted octanol–water partition coefficient (Wildman–Crippen LogP) is 1.06. The van der Waals surface area contributed by atoms with Crippen LogP contribution in [0.4, 0.5) is 5.95 Å². The molecule has 1 aliphatic rings. The van der Waals surface area contributed by atoms with Crippen molar-refractivity contribution < 1.29 is 9.59 Å². The normalized spacial score (nSPS) is 17.5. The molecule has 0 saturated carbocycles. The minimum atomic E-state index is -0.347. The molecule has 2 aromatic rings. The van der Waals surface area contributed by atoms with Gasteiger partial charge in [-0.2, -0.15) is 0 Å². The lowest BCUT2D eigenvalue weighted by Crippen LogP contribution is -2.44. The van der Waals surface area contributed by atoms with Crippen LogP contribution in [0.1, 0.15) is 23.2 Å². The molecule has 7 heteroatoms. The molecule has 0 aliphatic carbocycles. The number of aromatic nitrogens is 2. The third-order valence-electron chi connectivity index (χ3n) is 4.23. The standard InChI is InChI=1S/C17H19N5O2/c18-15(23)13-5-2-6-22(10-13)16(24)12-4-1-3-11(7-12)14-8-20-17(19)21-9-14/h1,3-4,7-9,13H,2,5-6,10H2,(H2,18,23)(H2,19,20,21). The van der Waals surface area contributed by atoms with E-state index in [1.54, 1.807) is 29.4 Å². The van der Waals surface area contributed by atoms with Crippen LogP contribution in [0.3, 0.4) is 0 Å². The van der Waals surface area contributed by atoms with Crippen molar-refractivity contribution in [3.05, 3.63) is 42.2 Å². The molecule has 7 nitrogen and oxygen atoms in total. The molecule has 1 saturated heterocycles. The number of carbonyl (C=O) groups excluding carboxylic acids is 2. The molecule has 3 rings (SSSR count). The lowest BCUT2D eigenvalue weighted by molar-refractivity contribution is -0.123. The molecule has 124 valence electrons. The smallest absolute Gasteiger partial charge is 0.253 e. The zero-order valence-corrected chi connectivity index (χ0v) is 13.2. The van der Waals surface area contributed by atoms with E-state index in [9.17, 15) is 9.59 Å². The summed E-state index contributed by atoms with van der Waals surface area (Å²) < 4.78 is 0. The van der Waals surface area contributed by atoms with Crippen molar-refractivity contribution in [1.82, 2.24) is 14.9 Å². The van der Waals surface area contributed by atoms with E-state index in [-0.39, 0.29) is 23.7 Å². The van der Waals surface area contributed by atoms with Gasteiger partial charge in [0.15, 0.2) is 0 Å². The van der Waals surface area contributed by atoms with E-state index < -0.39 is 0 Å². The summed E-state index contributed by atoms with van der Waals surface area (Å²) in [5, 5.41) is 0. The number of likely N-dealkylation sites (tertiary alicyclic amines) is 1. The van der Waals surface area contributed by atoms with Crippen molar-refractivity contribution in [3.63, 3.8) is 0 Å². The molecule has 2 heterocycles. The van der Waals surface area contributed by atoms with Crippen molar-refractivity contribution in [2.45, 2.75) is 12.8 Å². The maximum atomic E-state index is 12.7. The van der Waals surface area contributed by atoms with Crippen LogP contribution in [0.25, 0.3) is 11.1 Å². The summed E-state index contributed by atoms with van der Waals surface area (Å²) in [5.74, 6) is -0.507. The molecule has 0 bridgehead atoms. The summed E-state index contributed by atoms with van der Waals surface area (Å²) in [7, 11) is 0. The first-order valence-electron chi connectivity index (χ1n) is 7.81. The molecule has 1 aromatic carbocycles. The topological polar surface area (TPSA) is 115 Å². The van der Waals surface area contributed by atoms with E-state index in [2.05, 4.69) is 9.97 Å². The Morgan fingerprint density at radius 2 is 1.92 bits per heavy atom. The van der Waals surface area contributed by atoms with Gasteiger partial charge in [-0.05, 0) is 30.5 Å². The number of benzene rings is 1. The molecular weight excluding hydrogens is 306 g/mol. The summed E-state index contributed by atoms with van der Waals surface area (Å²) in [5.41, 5.74) is 13.1. The molecule has 0 spiro atoms. The van der Waals surface area contributed by atoms with Crippen molar-refractivity contribution in [2.75, 3.05) is 18.8 Å². The highest BCUT2D eigenvalue weighted by Crippen LogP contribution is 2.22. The molecule has 0 radical (unpaired) electrons. The van der Waals surface area contributed by atoms with Gasteiger partial charge in [-0.25, -0.2) is 9.97 Å². The average Bonchev–Trinajstić information content (AvgIpc) is 2.62. The molecule has 1 atom stereocenters. The van der Waals surface area contributed by atoms with Gasteiger partial charge < -0.3 is 16.4 Å². The quantitative estimate of drug-likeness (QED) is 0.875. The Kier molecular flexibility index (Phi) is 4.41. The number of rotatable bonds is 3. The lowest BCUT2D eigenvalue weighted by Gasteiger charge is -2.31. The van der Waals surface area contributed by atoms with Gasteiger partial charge in [0, 0.05) is 36.6 Å². The van der Waals surface area contributed by atoms with Crippen LogP contribution in [0.15, 0.2) is 36.7 Å². The van der Waals surface area contributed by atoms with Gasteiger partial charge in [0.25, 0.3) is 5.91 Å². The van der Waals surface area contributed by atoms with Crippen molar-refractivity contribution >= 4 is 17.8 Å². The number of nitrogen functional groups attached to an aromatic ring is 1. The van der Waals surface area contributed by atoms with Crippen molar-refractivity contribution in [1.29, 1.82) is 0 Å². The Bertz CT molecular complexity index is 760. The number of amides is 2. The summed E-state index contributed by atoms with van der Waals surface area (Å²) in [4.78, 5) is 33.7. The fraction of sp³-hybridized carbons (Fsp3) is 0.294. The van der Waals surface area contributed by atoms with Crippen molar-refractivity contribution in [2.24, 2.45) is 11.7 Å². The Balaban J connectivity index is 1.81. The van der Waals surface area contributed by atoms with Gasteiger partial charge >= 0.3 is 0 Å². The monoisotopic (exact) mass is 325 g/mol. The lowest BCUT2D eigenvalue weighted by atomic mass is 9.96. The third kappa shape index (κ3) is 3.34. The van der Waals surface area contributed by atoms with Gasteiger partial charge in [0.1, 0.15) is 0 Å². The van der Waals surface area contributed by atoms with Gasteiger partial charge in [0.2, 0.25) is 11.9 Å². The summed E-state index contributed by atoms with van der Waals surface area (Å²) in [6, 6.07) is 7.26. The highest BCUT2D eigenvalue weighted by atomic mass is 16.2. The molecule has 24 heavy (non-hydrogen) atoms.